The zero-order valence-corrected chi connectivity index (χ0v) is 8.54. The highest BCUT2D eigenvalue weighted by Crippen LogP contribution is 2.41. The van der Waals surface area contributed by atoms with Gasteiger partial charge in [-0.25, -0.2) is 0 Å². The first-order chi connectivity index (χ1) is 5.92. The van der Waals surface area contributed by atoms with E-state index in [1.165, 1.54) is 0 Å². The molecule has 0 saturated carbocycles. The molecular formula is C10H18O3. The lowest BCUT2D eigenvalue weighted by atomic mass is 9.95. The molecule has 0 aromatic rings. The van der Waals surface area contributed by atoms with Gasteiger partial charge in [0.1, 0.15) is 6.10 Å². The van der Waals surface area contributed by atoms with E-state index in [1.807, 2.05) is 0 Å². The van der Waals surface area contributed by atoms with E-state index < -0.39 is 5.60 Å². The van der Waals surface area contributed by atoms with Crippen LogP contribution in [0.1, 0.15) is 33.6 Å². The van der Waals surface area contributed by atoms with E-state index in [2.05, 4.69) is 6.92 Å². The van der Waals surface area contributed by atoms with Crippen molar-refractivity contribution in [3.05, 3.63) is 0 Å². The molecule has 2 fully saturated rings. The van der Waals surface area contributed by atoms with E-state index in [-0.39, 0.29) is 17.8 Å². The highest BCUT2D eigenvalue weighted by Gasteiger charge is 2.51. The van der Waals surface area contributed by atoms with Gasteiger partial charge in [0.15, 0.2) is 0 Å². The zero-order chi connectivity index (χ0) is 9.69. The highest BCUT2D eigenvalue weighted by atomic mass is 16.6. The summed E-state index contributed by atoms with van der Waals surface area (Å²) in [6.07, 6.45) is 2.15. The first-order valence-electron chi connectivity index (χ1n) is 4.94. The van der Waals surface area contributed by atoms with Crippen LogP contribution in [0.5, 0.6) is 0 Å². The van der Waals surface area contributed by atoms with Gasteiger partial charge in [0, 0.05) is 0 Å². The van der Waals surface area contributed by atoms with Gasteiger partial charge < -0.3 is 14.6 Å². The molecule has 0 aromatic carbocycles. The monoisotopic (exact) mass is 186 g/mol. The lowest BCUT2D eigenvalue weighted by Gasteiger charge is -2.29. The Balaban J connectivity index is 2.00. The lowest BCUT2D eigenvalue weighted by Crippen LogP contribution is -2.40. The second-order valence-corrected chi connectivity index (χ2v) is 4.93. The minimum Gasteiger partial charge on any atom is -0.388 e. The highest BCUT2D eigenvalue weighted by molar-refractivity contribution is 5.00. The van der Waals surface area contributed by atoms with E-state index in [0.29, 0.717) is 0 Å². The number of hydrogen-bond acceptors (Lipinski definition) is 3. The summed E-state index contributed by atoms with van der Waals surface area (Å²) in [7, 11) is 0. The van der Waals surface area contributed by atoms with Crippen LogP contribution in [-0.4, -0.2) is 35.1 Å². The summed E-state index contributed by atoms with van der Waals surface area (Å²) in [4.78, 5) is 0. The second-order valence-electron chi connectivity index (χ2n) is 4.93. The number of epoxide rings is 1. The molecule has 3 atom stereocenters. The third-order valence-corrected chi connectivity index (χ3v) is 3.12. The zero-order valence-electron chi connectivity index (χ0n) is 8.54. The number of ether oxygens (including phenoxy) is 2. The van der Waals surface area contributed by atoms with Crippen LogP contribution in [0.3, 0.4) is 0 Å². The summed E-state index contributed by atoms with van der Waals surface area (Å²) in [6, 6.07) is 0. The maximum Gasteiger partial charge on any atom is 0.110 e. The summed E-state index contributed by atoms with van der Waals surface area (Å²) < 4.78 is 11.1. The van der Waals surface area contributed by atoms with Crippen molar-refractivity contribution in [1.29, 1.82) is 0 Å². The predicted octanol–water partition coefficient (Wildman–Crippen LogP) is 1.09. The molecule has 0 unspecified atom stereocenters. The van der Waals surface area contributed by atoms with Crippen LogP contribution >= 0.6 is 0 Å². The molecule has 0 spiro atoms. The third kappa shape index (κ3) is 1.73. The fourth-order valence-electron chi connectivity index (χ4n) is 2.00. The smallest absolute Gasteiger partial charge is 0.110 e. The molecule has 0 radical (unpaired) electrons. The Morgan fingerprint density at radius 3 is 2.46 bits per heavy atom. The van der Waals surface area contributed by atoms with Crippen molar-refractivity contribution in [2.45, 2.75) is 57.0 Å². The van der Waals surface area contributed by atoms with Crippen LogP contribution in [0.4, 0.5) is 0 Å². The molecule has 0 amide bonds. The van der Waals surface area contributed by atoms with Crippen molar-refractivity contribution >= 4 is 0 Å². The molecule has 0 bridgehead atoms. The molecule has 2 aliphatic rings. The van der Waals surface area contributed by atoms with Crippen molar-refractivity contribution in [2.24, 2.45) is 0 Å². The van der Waals surface area contributed by atoms with Gasteiger partial charge in [-0.15, -0.1) is 0 Å². The van der Waals surface area contributed by atoms with Crippen LogP contribution < -0.4 is 0 Å². The van der Waals surface area contributed by atoms with Gasteiger partial charge in [-0.1, -0.05) is 0 Å². The Morgan fingerprint density at radius 2 is 2.08 bits per heavy atom. The van der Waals surface area contributed by atoms with Gasteiger partial charge in [-0.2, -0.15) is 0 Å². The van der Waals surface area contributed by atoms with Crippen LogP contribution in [-0.2, 0) is 9.47 Å². The van der Waals surface area contributed by atoms with E-state index in [1.54, 1.807) is 13.8 Å². The summed E-state index contributed by atoms with van der Waals surface area (Å²) in [5, 5.41) is 9.79. The molecule has 0 aliphatic carbocycles. The molecular weight excluding hydrogens is 168 g/mol. The van der Waals surface area contributed by atoms with Crippen LogP contribution in [0, 0.1) is 0 Å². The number of rotatable bonds is 2. The standard InChI is InChI=1S/C10H18O3/c1-9(2,11)7-4-5-10(3,13-7)8-6-12-8/h7-8,11H,4-6H2,1-3H3/t7-,8+,10-/m0/s1. The summed E-state index contributed by atoms with van der Waals surface area (Å²) in [5.41, 5.74) is -0.878. The Morgan fingerprint density at radius 1 is 1.46 bits per heavy atom. The SMILES string of the molecule is CC(C)(O)[C@@H]1CC[C@@](C)([C@H]2CO2)O1. The topological polar surface area (TPSA) is 42.0 Å². The van der Waals surface area contributed by atoms with Gasteiger partial charge in [0.25, 0.3) is 0 Å². The number of hydrogen-bond donors (Lipinski definition) is 1. The van der Waals surface area contributed by atoms with Gasteiger partial charge in [-0.05, 0) is 33.6 Å². The average Bonchev–Trinajstić information content (AvgIpc) is 2.75. The van der Waals surface area contributed by atoms with Crippen LogP contribution in [0.25, 0.3) is 0 Å². The van der Waals surface area contributed by atoms with Crippen LogP contribution in [0.2, 0.25) is 0 Å². The summed E-state index contributed by atoms with van der Waals surface area (Å²) >= 11 is 0. The van der Waals surface area contributed by atoms with Crippen molar-refractivity contribution in [2.75, 3.05) is 6.61 Å². The fourth-order valence-corrected chi connectivity index (χ4v) is 2.00. The average molecular weight is 186 g/mol. The normalized spacial score (nSPS) is 45.2. The Labute approximate surface area is 79.0 Å². The quantitative estimate of drug-likeness (QED) is 0.656. The molecule has 1 N–H and O–H groups in total. The van der Waals surface area contributed by atoms with Crippen LogP contribution in [0.15, 0.2) is 0 Å². The third-order valence-electron chi connectivity index (χ3n) is 3.12. The maximum absolute atomic E-state index is 9.79. The molecule has 0 aromatic heterocycles. The molecule has 2 saturated heterocycles. The summed E-state index contributed by atoms with van der Waals surface area (Å²) in [5.74, 6) is 0. The fraction of sp³-hybridized carbons (Fsp3) is 1.00. The van der Waals surface area contributed by atoms with E-state index in [4.69, 9.17) is 9.47 Å². The maximum atomic E-state index is 9.79. The largest absolute Gasteiger partial charge is 0.388 e. The second kappa shape index (κ2) is 2.69. The molecule has 3 heteroatoms. The Kier molecular flexibility index (Phi) is 1.95. The number of aliphatic hydroxyl groups is 1. The molecule has 2 aliphatic heterocycles. The summed E-state index contributed by atoms with van der Waals surface area (Å²) in [6.45, 7) is 6.50. The van der Waals surface area contributed by atoms with Crippen molar-refractivity contribution in [3.63, 3.8) is 0 Å². The van der Waals surface area contributed by atoms with E-state index in [0.717, 1.165) is 19.4 Å². The first-order valence-corrected chi connectivity index (χ1v) is 4.94. The Bertz CT molecular complexity index is 205. The first kappa shape index (κ1) is 9.44. The Hall–Kier alpha value is -0.120. The van der Waals surface area contributed by atoms with Crippen molar-refractivity contribution < 1.29 is 14.6 Å². The van der Waals surface area contributed by atoms with Crippen molar-refractivity contribution in [3.8, 4) is 0 Å². The van der Waals surface area contributed by atoms with Gasteiger partial charge >= 0.3 is 0 Å². The predicted molar refractivity (Wildman–Crippen MR) is 48.5 cm³/mol. The molecule has 3 nitrogen and oxygen atoms in total. The van der Waals surface area contributed by atoms with Gasteiger partial charge in [-0.3, -0.25) is 0 Å². The van der Waals surface area contributed by atoms with E-state index >= 15 is 0 Å². The lowest BCUT2D eigenvalue weighted by molar-refractivity contribution is -0.122. The minimum atomic E-state index is -0.730. The molecule has 13 heavy (non-hydrogen) atoms. The molecule has 76 valence electrons. The minimum absolute atomic E-state index is 0.0401. The molecule has 2 rings (SSSR count). The van der Waals surface area contributed by atoms with Crippen molar-refractivity contribution in [1.82, 2.24) is 0 Å². The van der Waals surface area contributed by atoms with Gasteiger partial charge in [0.2, 0.25) is 0 Å². The molecule has 2 heterocycles. The van der Waals surface area contributed by atoms with Gasteiger partial charge in [0.05, 0.1) is 23.9 Å². The van der Waals surface area contributed by atoms with E-state index in [9.17, 15) is 5.11 Å².